The number of imidazole rings is 1. The molecule has 9 heteroatoms. The van der Waals surface area contributed by atoms with Gasteiger partial charge in [0.05, 0.1) is 35.6 Å². The van der Waals surface area contributed by atoms with Crippen LogP contribution in [0, 0.1) is 0 Å². The van der Waals surface area contributed by atoms with Crippen LogP contribution in [0.1, 0.15) is 22.0 Å². The van der Waals surface area contributed by atoms with Crippen LogP contribution in [0.2, 0.25) is 0 Å². The molecule has 0 saturated carbocycles. The fourth-order valence-corrected chi connectivity index (χ4v) is 4.05. The van der Waals surface area contributed by atoms with Crippen molar-refractivity contribution in [2.24, 2.45) is 0 Å². The number of carbonyl (C=O) groups excluding carboxylic acids is 1. The van der Waals surface area contributed by atoms with Crippen molar-refractivity contribution in [3.63, 3.8) is 0 Å². The van der Waals surface area contributed by atoms with Gasteiger partial charge in [0.15, 0.2) is 0 Å². The quantitative estimate of drug-likeness (QED) is 0.218. The van der Waals surface area contributed by atoms with E-state index in [4.69, 9.17) is 4.74 Å². The molecule has 0 radical (unpaired) electrons. The van der Waals surface area contributed by atoms with E-state index in [0.717, 1.165) is 5.56 Å². The maximum absolute atomic E-state index is 12.8. The summed E-state index contributed by atoms with van der Waals surface area (Å²) in [5.41, 5.74) is 3.40. The Morgan fingerprint density at radius 1 is 1.00 bits per heavy atom. The van der Waals surface area contributed by atoms with E-state index in [1.165, 1.54) is 6.20 Å². The summed E-state index contributed by atoms with van der Waals surface area (Å²) in [5.74, 6) is 0.700. The number of fused-ring (bicyclic) bond motifs is 1. The van der Waals surface area contributed by atoms with E-state index in [-0.39, 0.29) is 18.0 Å². The first-order chi connectivity index (χ1) is 18.0. The van der Waals surface area contributed by atoms with E-state index in [2.05, 4.69) is 25.6 Å². The first-order valence-electron chi connectivity index (χ1n) is 11.7. The number of anilines is 2. The average Bonchev–Trinajstić information content (AvgIpc) is 3.37. The molecule has 0 bridgehead atoms. The van der Waals surface area contributed by atoms with E-state index >= 15 is 0 Å². The first-order valence-corrected chi connectivity index (χ1v) is 11.7. The van der Waals surface area contributed by atoms with E-state index in [9.17, 15) is 14.7 Å². The van der Waals surface area contributed by atoms with E-state index in [0.29, 0.717) is 45.1 Å². The molecule has 5 rings (SSSR count). The zero-order chi connectivity index (χ0) is 25.8. The fraction of sp³-hybridized carbons (Fsp3) is 0.107. The number of methoxy groups -OCH3 is 1. The molecule has 0 aliphatic carbocycles. The van der Waals surface area contributed by atoms with Crippen LogP contribution in [0.5, 0.6) is 5.75 Å². The van der Waals surface area contributed by atoms with Crippen LogP contribution < -0.4 is 20.9 Å². The lowest BCUT2D eigenvalue weighted by Crippen LogP contribution is -2.17. The lowest BCUT2D eigenvalue weighted by atomic mass is 10.1. The molecule has 0 aliphatic rings. The molecule has 3 aromatic carbocycles. The predicted octanol–water partition coefficient (Wildman–Crippen LogP) is 4.32. The number of nitrogens with one attached hydrogen (secondary N) is 4. The molecular formula is C28H25N5O4. The number of amides is 1. The number of pyridine rings is 1. The number of ether oxygens (including phenoxy) is 1. The van der Waals surface area contributed by atoms with Gasteiger partial charge in [0.2, 0.25) is 0 Å². The van der Waals surface area contributed by atoms with Crippen molar-refractivity contribution < 1.29 is 14.6 Å². The highest BCUT2D eigenvalue weighted by Gasteiger charge is 2.18. The second kappa shape index (κ2) is 10.4. The van der Waals surface area contributed by atoms with Crippen LogP contribution in [0.15, 0.2) is 89.9 Å². The molecule has 0 saturated heterocycles. The number of para-hydroxylation sites is 1. The minimum Gasteiger partial charge on any atom is -0.497 e. The summed E-state index contributed by atoms with van der Waals surface area (Å²) < 4.78 is 5.15. The van der Waals surface area contributed by atoms with Crippen molar-refractivity contribution in [3.05, 3.63) is 107 Å². The number of rotatable bonds is 8. The number of aliphatic hydroxyl groups excluding tert-OH is 1. The van der Waals surface area contributed by atoms with Gasteiger partial charge in [0.1, 0.15) is 17.1 Å². The molecule has 2 heterocycles. The van der Waals surface area contributed by atoms with Gasteiger partial charge in [-0.2, -0.15) is 0 Å². The summed E-state index contributed by atoms with van der Waals surface area (Å²) in [6.07, 6.45) is 0.774. The standard InChI is InChI=1S/C28H25N5O4/c1-37-19-12-10-18(11-13-19)27(35)32-22-9-5-8-21-25(22)33-26(31-21)24-20(14-15-29-28(24)36)30-16-23(34)17-6-3-2-4-7-17/h2-15,23,34H,16H2,1H3,(H,31,33)(H,32,35)(H2,29,30,36)/t23-/m0/s1. The largest absolute Gasteiger partial charge is 0.497 e. The topological polar surface area (TPSA) is 132 Å². The van der Waals surface area contributed by atoms with Gasteiger partial charge in [0, 0.05) is 18.3 Å². The molecule has 5 aromatic rings. The van der Waals surface area contributed by atoms with Crippen LogP contribution in [0.4, 0.5) is 11.4 Å². The number of aliphatic hydroxyl groups is 1. The number of H-pyrrole nitrogens is 2. The highest BCUT2D eigenvalue weighted by Crippen LogP contribution is 2.28. The Bertz CT molecular complexity index is 1590. The Morgan fingerprint density at radius 2 is 1.78 bits per heavy atom. The Balaban J connectivity index is 1.43. The zero-order valence-corrected chi connectivity index (χ0v) is 20.0. The summed E-state index contributed by atoms with van der Waals surface area (Å²) in [6, 6.07) is 23.1. The number of nitrogens with zero attached hydrogens (tertiary/aromatic N) is 1. The van der Waals surface area contributed by atoms with Crippen LogP contribution in [0.3, 0.4) is 0 Å². The zero-order valence-electron chi connectivity index (χ0n) is 20.0. The number of hydrogen-bond donors (Lipinski definition) is 5. The third-order valence-electron chi connectivity index (χ3n) is 5.99. The maximum atomic E-state index is 12.8. The summed E-state index contributed by atoms with van der Waals surface area (Å²) >= 11 is 0. The van der Waals surface area contributed by atoms with Crippen molar-refractivity contribution in [1.82, 2.24) is 15.0 Å². The number of aromatic nitrogens is 3. The normalized spacial score (nSPS) is 11.7. The van der Waals surface area contributed by atoms with Crippen LogP contribution in [-0.4, -0.2) is 39.6 Å². The third-order valence-corrected chi connectivity index (χ3v) is 5.99. The summed E-state index contributed by atoms with van der Waals surface area (Å²) in [4.78, 5) is 36.1. The molecule has 1 amide bonds. The van der Waals surface area contributed by atoms with Crippen LogP contribution in [-0.2, 0) is 0 Å². The number of aromatic amines is 2. The Hall–Kier alpha value is -4.89. The summed E-state index contributed by atoms with van der Waals surface area (Å²) in [5, 5.41) is 16.6. The van der Waals surface area contributed by atoms with Gasteiger partial charge in [-0.1, -0.05) is 36.4 Å². The van der Waals surface area contributed by atoms with Crippen molar-refractivity contribution in [1.29, 1.82) is 0 Å². The molecule has 0 unspecified atom stereocenters. The minimum atomic E-state index is -0.760. The van der Waals surface area contributed by atoms with Gasteiger partial charge in [0.25, 0.3) is 11.5 Å². The van der Waals surface area contributed by atoms with Gasteiger partial charge in [-0.3, -0.25) is 9.59 Å². The van der Waals surface area contributed by atoms with E-state index in [1.54, 1.807) is 55.6 Å². The highest BCUT2D eigenvalue weighted by molar-refractivity contribution is 6.08. The molecule has 1 atom stereocenters. The van der Waals surface area contributed by atoms with Gasteiger partial charge >= 0.3 is 0 Å². The van der Waals surface area contributed by atoms with Crippen LogP contribution in [0.25, 0.3) is 22.4 Å². The molecule has 0 spiro atoms. The smallest absolute Gasteiger partial charge is 0.261 e. The SMILES string of the molecule is COc1ccc(C(=O)Nc2cccc3nc(-c4c(NC[C@H](O)c5ccccc5)cc[nH]c4=O)[nH]c23)cc1. The van der Waals surface area contributed by atoms with Crippen molar-refractivity contribution >= 4 is 28.3 Å². The van der Waals surface area contributed by atoms with Crippen molar-refractivity contribution in [2.45, 2.75) is 6.10 Å². The van der Waals surface area contributed by atoms with Crippen LogP contribution >= 0.6 is 0 Å². The summed E-state index contributed by atoms with van der Waals surface area (Å²) in [6.45, 7) is 0.198. The van der Waals surface area contributed by atoms with Gasteiger partial charge in [-0.25, -0.2) is 4.98 Å². The lowest BCUT2D eigenvalue weighted by Gasteiger charge is -2.14. The Kier molecular flexibility index (Phi) is 6.69. The fourth-order valence-electron chi connectivity index (χ4n) is 4.05. The van der Waals surface area contributed by atoms with Crippen molar-refractivity contribution in [2.75, 3.05) is 24.3 Å². The lowest BCUT2D eigenvalue weighted by molar-refractivity contribution is 0.102. The van der Waals surface area contributed by atoms with E-state index in [1.807, 2.05) is 30.3 Å². The second-order valence-electron chi connectivity index (χ2n) is 8.37. The summed E-state index contributed by atoms with van der Waals surface area (Å²) in [7, 11) is 1.57. The third kappa shape index (κ3) is 5.07. The maximum Gasteiger partial charge on any atom is 0.261 e. The predicted molar refractivity (Wildman–Crippen MR) is 143 cm³/mol. The van der Waals surface area contributed by atoms with Gasteiger partial charge in [-0.15, -0.1) is 0 Å². The highest BCUT2D eigenvalue weighted by atomic mass is 16.5. The van der Waals surface area contributed by atoms with Gasteiger partial charge < -0.3 is 30.4 Å². The molecule has 9 nitrogen and oxygen atoms in total. The molecule has 5 N–H and O–H groups in total. The molecule has 0 fully saturated rings. The average molecular weight is 496 g/mol. The minimum absolute atomic E-state index is 0.198. The second-order valence-corrected chi connectivity index (χ2v) is 8.37. The first kappa shape index (κ1) is 23.8. The molecule has 0 aliphatic heterocycles. The Morgan fingerprint density at radius 3 is 2.54 bits per heavy atom. The molecular weight excluding hydrogens is 470 g/mol. The molecule has 2 aromatic heterocycles. The van der Waals surface area contributed by atoms with Crippen molar-refractivity contribution in [3.8, 4) is 17.1 Å². The number of carbonyl (C=O) groups is 1. The molecule has 37 heavy (non-hydrogen) atoms. The van der Waals surface area contributed by atoms with Gasteiger partial charge in [-0.05, 0) is 48.0 Å². The van der Waals surface area contributed by atoms with E-state index < -0.39 is 6.10 Å². The Labute approximate surface area is 212 Å². The number of hydrogen-bond acceptors (Lipinski definition) is 6. The number of benzene rings is 3. The molecule has 186 valence electrons. The monoisotopic (exact) mass is 495 g/mol.